The first kappa shape index (κ1) is 18.4. The summed E-state index contributed by atoms with van der Waals surface area (Å²) < 4.78 is 18.7. The number of carbonyl (C=O) groups excluding carboxylic acids is 1. The van der Waals surface area contributed by atoms with Gasteiger partial charge in [-0.15, -0.1) is 11.3 Å². The molecule has 1 amide bonds. The van der Waals surface area contributed by atoms with E-state index in [0.717, 1.165) is 31.6 Å². The molecule has 2 aromatic rings. The standard InChI is InChI=1S/C19H21ClFNO2S/c20-15-12-13(3-5-16(15)21)4-6-18(23)22-19(17-2-1-11-25-17)14-7-9-24-10-8-14/h1-3,5,11-12,14,19H,4,6-10H2,(H,22,23)/t19-/m1/s1. The molecule has 1 N–H and O–H groups in total. The number of nitrogens with one attached hydrogen (secondary N) is 1. The Hall–Kier alpha value is -1.43. The first-order chi connectivity index (χ1) is 12.1. The third kappa shape index (κ3) is 5.03. The number of amides is 1. The molecular weight excluding hydrogens is 361 g/mol. The van der Waals surface area contributed by atoms with E-state index in [1.807, 2.05) is 11.4 Å². The van der Waals surface area contributed by atoms with Crippen LogP contribution in [0.2, 0.25) is 5.02 Å². The van der Waals surface area contributed by atoms with Gasteiger partial charge in [0.15, 0.2) is 0 Å². The number of rotatable bonds is 6. The highest BCUT2D eigenvalue weighted by Crippen LogP contribution is 2.32. The predicted molar refractivity (Wildman–Crippen MR) is 98.5 cm³/mol. The van der Waals surface area contributed by atoms with Crippen LogP contribution in [0.25, 0.3) is 0 Å². The molecule has 1 fully saturated rings. The van der Waals surface area contributed by atoms with Gasteiger partial charge < -0.3 is 10.1 Å². The average molecular weight is 382 g/mol. The lowest BCUT2D eigenvalue weighted by molar-refractivity contribution is -0.122. The molecule has 2 heterocycles. The molecule has 1 aromatic carbocycles. The van der Waals surface area contributed by atoms with Gasteiger partial charge in [0.2, 0.25) is 5.91 Å². The van der Waals surface area contributed by atoms with E-state index in [-0.39, 0.29) is 17.0 Å². The number of carbonyl (C=O) groups is 1. The van der Waals surface area contributed by atoms with Gasteiger partial charge in [-0.3, -0.25) is 4.79 Å². The summed E-state index contributed by atoms with van der Waals surface area (Å²) in [6.07, 6.45) is 2.80. The van der Waals surface area contributed by atoms with E-state index in [1.54, 1.807) is 23.5 Å². The van der Waals surface area contributed by atoms with Crippen molar-refractivity contribution in [1.82, 2.24) is 5.32 Å². The van der Waals surface area contributed by atoms with Crippen molar-refractivity contribution in [2.24, 2.45) is 5.92 Å². The highest BCUT2D eigenvalue weighted by molar-refractivity contribution is 7.10. The third-order valence-corrected chi connectivity index (χ3v) is 5.77. The van der Waals surface area contributed by atoms with Crippen molar-refractivity contribution in [3.8, 4) is 0 Å². The summed E-state index contributed by atoms with van der Waals surface area (Å²) in [6.45, 7) is 1.49. The first-order valence-electron chi connectivity index (χ1n) is 8.48. The number of hydrogen-bond donors (Lipinski definition) is 1. The van der Waals surface area contributed by atoms with E-state index in [0.29, 0.717) is 18.8 Å². The Balaban J connectivity index is 1.60. The first-order valence-corrected chi connectivity index (χ1v) is 9.73. The summed E-state index contributed by atoms with van der Waals surface area (Å²) in [7, 11) is 0. The Morgan fingerprint density at radius 2 is 2.16 bits per heavy atom. The van der Waals surface area contributed by atoms with Gasteiger partial charge in [0.05, 0.1) is 11.1 Å². The summed E-state index contributed by atoms with van der Waals surface area (Å²) in [5, 5.41) is 5.32. The quantitative estimate of drug-likeness (QED) is 0.783. The molecule has 0 saturated carbocycles. The van der Waals surface area contributed by atoms with Crippen LogP contribution in [0.1, 0.15) is 35.7 Å². The highest BCUT2D eigenvalue weighted by Gasteiger charge is 2.27. The number of halogens is 2. The van der Waals surface area contributed by atoms with Crippen LogP contribution >= 0.6 is 22.9 Å². The van der Waals surface area contributed by atoms with Crippen LogP contribution in [0, 0.1) is 11.7 Å². The molecule has 1 aliphatic heterocycles. The van der Waals surface area contributed by atoms with Crippen molar-refractivity contribution >= 4 is 28.8 Å². The zero-order chi connectivity index (χ0) is 17.6. The second-order valence-corrected chi connectivity index (χ2v) is 7.65. The average Bonchev–Trinajstić information content (AvgIpc) is 3.16. The second-order valence-electron chi connectivity index (χ2n) is 6.26. The molecule has 0 aliphatic carbocycles. The molecule has 0 radical (unpaired) electrons. The normalized spacial score (nSPS) is 16.6. The molecule has 3 rings (SSSR count). The number of thiophene rings is 1. The van der Waals surface area contributed by atoms with E-state index in [4.69, 9.17) is 16.3 Å². The maximum absolute atomic E-state index is 13.2. The molecule has 0 bridgehead atoms. The molecular formula is C19H21ClFNO2S. The minimum absolute atomic E-state index is 0.00494. The lowest BCUT2D eigenvalue weighted by Gasteiger charge is -2.30. The van der Waals surface area contributed by atoms with Crippen LogP contribution in [-0.4, -0.2) is 19.1 Å². The van der Waals surface area contributed by atoms with Gasteiger partial charge in [0.1, 0.15) is 5.82 Å². The lowest BCUT2D eigenvalue weighted by atomic mass is 9.90. The maximum Gasteiger partial charge on any atom is 0.220 e. The van der Waals surface area contributed by atoms with Crippen molar-refractivity contribution in [3.63, 3.8) is 0 Å². The van der Waals surface area contributed by atoms with Gasteiger partial charge in [-0.2, -0.15) is 0 Å². The summed E-state index contributed by atoms with van der Waals surface area (Å²) in [6, 6.07) is 8.71. The number of benzene rings is 1. The van der Waals surface area contributed by atoms with E-state index in [1.165, 1.54) is 10.9 Å². The molecule has 1 saturated heterocycles. The van der Waals surface area contributed by atoms with Gasteiger partial charge >= 0.3 is 0 Å². The largest absolute Gasteiger partial charge is 0.381 e. The van der Waals surface area contributed by atoms with Crippen LogP contribution in [0.5, 0.6) is 0 Å². The topological polar surface area (TPSA) is 38.3 Å². The molecule has 3 nitrogen and oxygen atoms in total. The SMILES string of the molecule is O=C(CCc1ccc(F)c(Cl)c1)N[C@@H](c1cccs1)C1CCOCC1. The van der Waals surface area contributed by atoms with E-state index < -0.39 is 5.82 Å². The van der Waals surface area contributed by atoms with Gasteiger partial charge in [-0.05, 0) is 54.3 Å². The van der Waals surface area contributed by atoms with Gasteiger partial charge in [-0.25, -0.2) is 4.39 Å². The van der Waals surface area contributed by atoms with Crippen molar-refractivity contribution in [1.29, 1.82) is 0 Å². The maximum atomic E-state index is 13.2. The van der Waals surface area contributed by atoms with Crippen LogP contribution in [0.15, 0.2) is 35.7 Å². The lowest BCUT2D eigenvalue weighted by Crippen LogP contribution is -2.35. The van der Waals surface area contributed by atoms with Gasteiger partial charge in [0, 0.05) is 24.5 Å². The van der Waals surface area contributed by atoms with Crippen molar-refractivity contribution < 1.29 is 13.9 Å². The van der Waals surface area contributed by atoms with Crippen LogP contribution < -0.4 is 5.32 Å². The smallest absolute Gasteiger partial charge is 0.220 e. The number of hydrogen-bond acceptors (Lipinski definition) is 3. The number of ether oxygens (including phenoxy) is 1. The van der Waals surface area contributed by atoms with Crippen molar-refractivity contribution in [3.05, 3.63) is 57.0 Å². The molecule has 0 spiro atoms. The van der Waals surface area contributed by atoms with Gasteiger partial charge in [-0.1, -0.05) is 23.7 Å². The number of aryl methyl sites for hydroxylation is 1. The van der Waals surface area contributed by atoms with Crippen LogP contribution in [0.3, 0.4) is 0 Å². The summed E-state index contributed by atoms with van der Waals surface area (Å²) >= 11 is 7.47. The van der Waals surface area contributed by atoms with Crippen molar-refractivity contribution in [2.45, 2.75) is 31.7 Å². The Kier molecular flexibility index (Phi) is 6.45. The van der Waals surface area contributed by atoms with E-state index >= 15 is 0 Å². The zero-order valence-corrected chi connectivity index (χ0v) is 15.4. The fraction of sp³-hybridized carbons (Fsp3) is 0.421. The fourth-order valence-corrected chi connectivity index (χ4v) is 4.21. The highest BCUT2D eigenvalue weighted by atomic mass is 35.5. The molecule has 0 unspecified atom stereocenters. The summed E-state index contributed by atoms with van der Waals surface area (Å²) in [4.78, 5) is 13.7. The minimum atomic E-state index is -0.438. The molecule has 25 heavy (non-hydrogen) atoms. The molecule has 1 atom stereocenters. The van der Waals surface area contributed by atoms with E-state index in [9.17, 15) is 9.18 Å². The Bertz CT molecular complexity index is 701. The third-order valence-electron chi connectivity index (χ3n) is 4.53. The monoisotopic (exact) mass is 381 g/mol. The molecule has 1 aliphatic rings. The Morgan fingerprint density at radius 1 is 1.36 bits per heavy atom. The Labute approximate surface area is 156 Å². The fourth-order valence-electron chi connectivity index (χ4n) is 3.14. The Morgan fingerprint density at radius 3 is 2.84 bits per heavy atom. The van der Waals surface area contributed by atoms with Crippen LogP contribution in [0.4, 0.5) is 4.39 Å². The predicted octanol–water partition coefficient (Wildman–Crippen LogP) is 4.76. The van der Waals surface area contributed by atoms with E-state index in [2.05, 4.69) is 11.4 Å². The zero-order valence-electron chi connectivity index (χ0n) is 13.8. The minimum Gasteiger partial charge on any atom is -0.381 e. The molecule has 134 valence electrons. The molecule has 6 heteroatoms. The van der Waals surface area contributed by atoms with Crippen LogP contribution in [-0.2, 0) is 16.0 Å². The van der Waals surface area contributed by atoms with Crippen molar-refractivity contribution in [2.75, 3.05) is 13.2 Å². The summed E-state index contributed by atoms with van der Waals surface area (Å²) in [5.74, 6) is -0.0332. The second kappa shape index (κ2) is 8.79. The van der Waals surface area contributed by atoms with Gasteiger partial charge in [0.25, 0.3) is 0 Å². The summed E-state index contributed by atoms with van der Waals surface area (Å²) in [5.41, 5.74) is 0.861. The molecule has 1 aromatic heterocycles.